The number of ether oxygens (including phenoxy) is 1. The van der Waals surface area contributed by atoms with E-state index in [9.17, 15) is 31.2 Å². The first-order valence-corrected chi connectivity index (χ1v) is 11.1. The Labute approximate surface area is 183 Å². The van der Waals surface area contributed by atoms with Crippen molar-refractivity contribution < 1.29 is 35.9 Å². The van der Waals surface area contributed by atoms with Gasteiger partial charge in [-0.25, -0.2) is 12.7 Å². The Morgan fingerprint density at radius 1 is 1.12 bits per heavy atom. The standard InChI is InChI=1S/C21H21F3N2O5S/c1-12(2)26-20(28)15-9-8-14(10-18(15)32(26,29)30)19(27)25-13(3)11-31-17-7-5-4-6-16(17)21(22,23)24/h4-10,12-13H,11H2,1-3H3,(H,25,27). The molecule has 0 aromatic heterocycles. The Bertz CT molecular complexity index is 1160. The number of sulfonamides is 1. The summed E-state index contributed by atoms with van der Waals surface area (Å²) in [5.74, 6) is -1.68. The molecule has 0 bridgehead atoms. The van der Waals surface area contributed by atoms with E-state index in [-0.39, 0.29) is 28.4 Å². The average Bonchev–Trinajstić information content (AvgIpc) is 2.91. The third-order valence-corrected chi connectivity index (χ3v) is 6.74. The SMILES string of the molecule is CC(COc1ccccc1C(F)(F)F)NC(=O)c1ccc2c(c1)S(=O)(=O)N(C(C)C)C2=O. The molecular weight excluding hydrogens is 449 g/mol. The third-order valence-electron chi connectivity index (χ3n) is 4.74. The molecule has 0 spiro atoms. The number of para-hydroxylation sites is 1. The number of alkyl halides is 3. The van der Waals surface area contributed by atoms with Gasteiger partial charge < -0.3 is 10.1 Å². The summed E-state index contributed by atoms with van der Waals surface area (Å²) in [7, 11) is -4.07. The van der Waals surface area contributed by atoms with E-state index < -0.39 is 45.7 Å². The maximum atomic E-state index is 13.1. The highest BCUT2D eigenvalue weighted by atomic mass is 32.2. The van der Waals surface area contributed by atoms with Gasteiger partial charge in [0.2, 0.25) is 0 Å². The molecule has 1 atom stereocenters. The highest BCUT2D eigenvalue weighted by Crippen LogP contribution is 2.36. The van der Waals surface area contributed by atoms with E-state index in [0.717, 1.165) is 16.4 Å². The molecule has 7 nitrogen and oxygen atoms in total. The summed E-state index contributed by atoms with van der Waals surface area (Å²) in [5, 5.41) is 2.55. The molecule has 172 valence electrons. The number of halogens is 3. The molecule has 1 N–H and O–H groups in total. The van der Waals surface area contributed by atoms with Gasteiger partial charge in [-0.1, -0.05) is 12.1 Å². The number of amides is 2. The van der Waals surface area contributed by atoms with Gasteiger partial charge in [0.05, 0.1) is 17.2 Å². The fraction of sp³-hybridized carbons (Fsp3) is 0.333. The fourth-order valence-electron chi connectivity index (χ4n) is 3.29. The molecule has 2 amide bonds. The monoisotopic (exact) mass is 470 g/mol. The predicted molar refractivity (Wildman–Crippen MR) is 109 cm³/mol. The Morgan fingerprint density at radius 2 is 1.78 bits per heavy atom. The lowest BCUT2D eigenvalue weighted by Gasteiger charge is -2.19. The van der Waals surface area contributed by atoms with E-state index in [4.69, 9.17) is 4.74 Å². The third kappa shape index (κ3) is 4.43. The highest BCUT2D eigenvalue weighted by Gasteiger charge is 2.43. The van der Waals surface area contributed by atoms with E-state index in [2.05, 4.69) is 5.32 Å². The van der Waals surface area contributed by atoms with Crippen molar-refractivity contribution in [1.82, 2.24) is 9.62 Å². The van der Waals surface area contributed by atoms with Crippen LogP contribution in [0.4, 0.5) is 13.2 Å². The van der Waals surface area contributed by atoms with Crippen molar-refractivity contribution in [2.75, 3.05) is 6.61 Å². The molecule has 2 aromatic rings. The lowest BCUT2D eigenvalue weighted by atomic mass is 10.1. The van der Waals surface area contributed by atoms with Gasteiger partial charge in [0, 0.05) is 11.6 Å². The van der Waals surface area contributed by atoms with E-state index >= 15 is 0 Å². The molecule has 0 radical (unpaired) electrons. The molecule has 11 heteroatoms. The van der Waals surface area contributed by atoms with E-state index in [1.54, 1.807) is 13.8 Å². The minimum Gasteiger partial charge on any atom is -0.491 e. The molecule has 1 aliphatic heterocycles. The predicted octanol–water partition coefficient (Wildman–Crippen LogP) is 3.46. The van der Waals surface area contributed by atoms with Crippen molar-refractivity contribution >= 4 is 21.8 Å². The van der Waals surface area contributed by atoms with Gasteiger partial charge in [-0.05, 0) is 51.1 Å². The van der Waals surface area contributed by atoms with Crippen LogP contribution in [-0.2, 0) is 16.2 Å². The summed E-state index contributed by atoms with van der Waals surface area (Å²) in [4.78, 5) is 24.7. The number of benzene rings is 2. The van der Waals surface area contributed by atoms with Gasteiger partial charge in [0.15, 0.2) is 0 Å². The Kier molecular flexibility index (Phi) is 6.23. The number of rotatable bonds is 6. The summed E-state index contributed by atoms with van der Waals surface area (Å²) in [6.07, 6.45) is -4.58. The average molecular weight is 470 g/mol. The zero-order valence-electron chi connectivity index (χ0n) is 17.4. The molecule has 1 unspecified atom stereocenters. The van der Waals surface area contributed by atoms with Crippen LogP contribution in [0.15, 0.2) is 47.4 Å². The Morgan fingerprint density at radius 3 is 2.41 bits per heavy atom. The van der Waals surface area contributed by atoms with Crippen LogP contribution in [0.1, 0.15) is 47.1 Å². The minimum atomic E-state index is -4.58. The molecule has 3 rings (SSSR count). The second kappa shape index (κ2) is 8.45. The smallest absolute Gasteiger partial charge is 0.419 e. The molecule has 1 aliphatic rings. The highest BCUT2D eigenvalue weighted by molar-refractivity contribution is 7.90. The first-order chi connectivity index (χ1) is 14.8. The van der Waals surface area contributed by atoms with Crippen LogP contribution in [-0.4, -0.2) is 43.2 Å². The normalized spacial score (nSPS) is 16.1. The number of nitrogens with zero attached hydrogens (tertiary/aromatic N) is 1. The Hall–Kier alpha value is -3.08. The molecule has 0 aliphatic carbocycles. The van der Waals surface area contributed by atoms with Gasteiger partial charge >= 0.3 is 6.18 Å². The van der Waals surface area contributed by atoms with Gasteiger partial charge in [0.1, 0.15) is 17.3 Å². The number of nitrogens with one attached hydrogen (secondary N) is 1. The van der Waals surface area contributed by atoms with Crippen LogP contribution >= 0.6 is 0 Å². The largest absolute Gasteiger partial charge is 0.491 e. The molecule has 1 heterocycles. The zero-order chi connectivity index (χ0) is 23.8. The number of carbonyl (C=O) groups is 2. The fourth-order valence-corrected chi connectivity index (χ4v) is 5.08. The summed E-state index contributed by atoms with van der Waals surface area (Å²) >= 11 is 0. The summed E-state index contributed by atoms with van der Waals surface area (Å²) < 4.78 is 70.5. The van der Waals surface area contributed by atoms with Crippen molar-refractivity contribution in [2.24, 2.45) is 0 Å². The number of carbonyl (C=O) groups excluding carboxylic acids is 2. The van der Waals surface area contributed by atoms with E-state index in [1.807, 2.05) is 0 Å². The van der Waals surface area contributed by atoms with E-state index in [1.165, 1.54) is 37.3 Å². The van der Waals surface area contributed by atoms with Gasteiger partial charge in [-0.3, -0.25) is 9.59 Å². The molecule has 0 saturated carbocycles. The maximum Gasteiger partial charge on any atom is 0.419 e. The summed E-state index contributed by atoms with van der Waals surface area (Å²) in [5.41, 5.74) is -0.953. The van der Waals surface area contributed by atoms with Crippen LogP contribution in [0.3, 0.4) is 0 Å². The number of hydrogen-bond donors (Lipinski definition) is 1. The molecular formula is C21H21F3N2O5S. The molecule has 2 aromatic carbocycles. The van der Waals surface area contributed by atoms with Crippen molar-refractivity contribution in [3.05, 3.63) is 59.2 Å². The molecule has 0 saturated heterocycles. The minimum absolute atomic E-state index is 0.00623. The summed E-state index contributed by atoms with van der Waals surface area (Å²) in [6.45, 7) is 4.41. The van der Waals surface area contributed by atoms with Crippen molar-refractivity contribution in [2.45, 2.75) is 43.9 Å². The van der Waals surface area contributed by atoms with Crippen molar-refractivity contribution in [3.63, 3.8) is 0 Å². The first-order valence-electron chi connectivity index (χ1n) is 9.66. The Balaban J connectivity index is 1.72. The van der Waals surface area contributed by atoms with Crippen LogP contribution in [0, 0.1) is 0 Å². The topological polar surface area (TPSA) is 92.8 Å². The van der Waals surface area contributed by atoms with Crippen molar-refractivity contribution in [3.8, 4) is 5.75 Å². The second-order valence-corrected chi connectivity index (χ2v) is 9.37. The van der Waals surface area contributed by atoms with Gasteiger partial charge in [0.25, 0.3) is 21.8 Å². The quantitative estimate of drug-likeness (QED) is 0.698. The van der Waals surface area contributed by atoms with Crippen molar-refractivity contribution in [1.29, 1.82) is 0 Å². The van der Waals surface area contributed by atoms with Crippen LogP contribution < -0.4 is 10.1 Å². The van der Waals surface area contributed by atoms with E-state index in [0.29, 0.717) is 0 Å². The second-order valence-electron chi connectivity index (χ2n) is 7.59. The molecule has 0 fully saturated rings. The van der Waals surface area contributed by atoms with Gasteiger partial charge in [-0.15, -0.1) is 0 Å². The number of fused-ring (bicyclic) bond motifs is 1. The first kappa shape index (κ1) is 23.6. The maximum absolute atomic E-state index is 13.1. The zero-order valence-corrected chi connectivity index (χ0v) is 18.3. The summed E-state index contributed by atoms with van der Waals surface area (Å²) in [6, 6.07) is 7.15. The lowest BCUT2D eigenvalue weighted by Crippen LogP contribution is -2.37. The lowest BCUT2D eigenvalue weighted by molar-refractivity contribution is -0.139. The molecule has 32 heavy (non-hydrogen) atoms. The van der Waals surface area contributed by atoms with Crippen LogP contribution in [0.2, 0.25) is 0 Å². The van der Waals surface area contributed by atoms with Crippen LogP contribution in [0.5, 0.6) is 5.75 Å². The number of hydrogen-bond acceptors (Lipinski definition) is 5. The van der Waals surface area contributed by atoms with Gasteiger partial charge in [-0.2, -0.15) is 13.2 Å². The van der Waals surface area contributed by atoms with Crippen LogP contribution in [0.25, 0.3) is 0 Å².